The molecule has 3 nitrogen and oxygen atoms in total. The number of hydrogen-bond acceptors (Lipinski definition) is 0. The molecule has 1 radical (unpaired) electrons. The molecule has 1 N–H and O–H groups in total. The lowest BCUT2D eigenvalue weighted by atomic mass is 10.4. The first-order valence-corrected chi connectivity index (χ1v) is 3.04. The highest BCUT2D eigenvalue weighted by atomic mass is 15.2. The van der Waals surface area contributed by atoms with Gasteiger partial charge < -0.3 is 10.2 Å². The molecule has 0 spiro atoms. The highest BCUT2D eigenvalue weighted by Gasteiger charge is 1.99. The Kier molecular flexibility index (Phi) is 3.06. The van der Waals surface area contributed by atoms with E-state index in [4.69, 9.17) is 5.41 Å². The predicted octanol–water partition coefficient (Wildman–Crippen LogP) is -0.298. The van der Waals surface area contributed by atoms with Crippen LogP contribution in [0.5, 0.6) is 0 Å². The van der Waals surface area contributed by atoms with Gasteiger partial charge in [0, 0.05) is 20.1 Å². The first kappa shape index (κ1) is 8.27. The van der Waals surface area contributed by atoms with Crippen molar-refractivity contribution in [1.29, 1.82) is 0 Å². The van der Waals surface area contributed by atoms with E-state index in [1.54, 1.807) is 19.0 Å². The largest absolute Gasteiger partial charge is 0.352 e. The van der Waals surface area contributed by atoms with Gasteiger partial charge in [0.25, 0.3) is 0 Å². The van der Waals surface area contributed by atoms with Crippen molar-refractivity contribution in [1.82, 2.24) is 15.6 Å². The maximum Gasteiger partial charge on any atom is 0.218 e. The van der Waals surface area contributed by atoms with Gasteiger partial charge in [0.1, 0.15) is 0 Å². The van der Waals surface area contributed by atoms with E-state index < -0.39 is 0 Å². The van der Waals surface area contributed by atoms with Gasteiger partial charge in [-0.1, -0.05) is 0 Å². The normalized spacial score (nSPS) is 9.44. The smallest absolute Gasteiger partial charge is 0.218 e. The standard InChI is InChI=1S/C6H14N3/c1-5(2)8-6(7)9(3)4/h5,8H,1-4H3. The zero-order valence-corrected chi connectivity index (χ0v) is 6.47. The van der Waals surface area contributed by atoms with E-state index in [2.05, 4.69) is 5.32 Å². The summed E-state index contributed by atoms with van der Waals surface area (Å²) < 4.78 is 0. The average molecular weight is 128 g/mol. The lowest BCUT2D eigenvalue weighted by molar-refractivity contribution is 0.564. The van der Waals surface area contributed by atoms with Gasteiger partial charge in [-0.05, 0) is 13.8 Å². The van der Waals surface area contributed by atoms with Crippen LogP contribution in [-0.4, -0.2) is 31.0 Å². The minimum absolute atomic E-state index is 0.213. The average Bonchev–Trinajstić information content (AvgIpc) is 1.63. The molecule has 0 bridgehead atoms. The first-order chi connectivity index (χ1) is 4.04. The zero-order chi connectivity index (χ0) is 7.44. The Hall–Kier alpha value is -0.730. The quantitative estimate of drug-likeness (QED) is 0.389. The van der Waals surface area contributed by atoms with Crippen LogP contribution < -0.4 is 10.7 Å². The molecule has 0 saturated carbocycles. The van der Waals surface area contributed by atoms with Crippen molar-refractivity contribution in [3.8, 4) is 0 Å². The Labute approximate surface area is 56.6 Å². The molecule has 3 heteroatoms. The molecule has 0 rings (SSSR count). The summed E-state index contributed by atoms with van der Waals surface area (Å²) in [5.74, 6) is 0.213. The molecule has 0 unspecified atom stereocenters. The van der Waals surface area contributed by atoms with Crippen LogP contribution in [0.3, 0.4) is 0 Å². The van der Waals surface area contributed by atoms with Crippen molar-refractivity contribution in [2.45, 2.75) is 19.9 Å². The predicted molar refractivity (Wildman–Crippen MR) is 39.1 cm³/mol. The minimum atomic E-state index is 0.213. The van der Waals surface area contributed by atoms with Gasteiger partial charge in [0.05, 0.1) is 0 Å². The monoisotopic (exact) mass is 128 g/mol. The first-order valence-electron chi connectivity index (χ1n) is 3.04. The Morgan fingerprint density at radius 2 is 1.89 bits per heavy atom. The molecule has 0 aromatic rings. The molecule has 0 aliphatic rings. The fourth-order valence-corrected chi connectivity index (χ4v) is 0.387. The molecule has 0 aliphatic carbocycles. The van der Waals surface area contributed by atoms with Crippen LogP contribution >= 0.6 is 0 Å². The minimum Gasteiger partial charge on any atom is -0.352 e. The lowest BCUT2D eigenvalue weighted by Gasteiger charge is -2.16. The van der Waals surface area contributed by atoms with Gasteiger partial charge in [0.2, 0.25) is 5.96 Å². The fourth-order valence-electron chi connectivity index (χ4n) is 0.387. The summed E-state index contributed by atoms with van der Waals surface area (Å²) in [5.41, 5.74) is 0. The van der Waals surface area contributed by atoms with Crippen LogP contribution in [0.4, 0.5) is 0 Å². The van der Waals surface area contributed by atoms with E-state index >= 15 is 0 Å². The summed E-state index contributed by atoms with van der Waals surface area (Å²) in [6.45, 7) is 3.94. The van der Waals surface area contributed by atoms with Gasteiger partial charge in [-0.2, -0.15) is 0 Å². The highest BCUT2D eigenvalue weighted by molar-refractivity contribution is 5.77. The van der Waals surface area contributed by atoms with Gasteiger partial charge >= 0.3 is 0 Å². The van der Waals surface area contributed by atoms with Crippen LogP contribution in [0.1, 0.15) is 13.8 Å². The number of nitrogens with zero attached hydrogens (tertiary/aromatic N) is 2. The van der Waals surface area contributed by atoms with Crippen molar-refractivity contribution in [3.63, 3.8) is 0 Å². The topological polar surface area (TPSA) is 37.6 Å². The molecule has 0 aromatic carbocycles. The summed E-state index contributed by atoms with van der Waals surface area (Å²) in [5, 5.41) is 11.9. The molecular weight excluding hydrogens is 114 g/mol. The fraction of sp³-hybridized carbons (Fsp3) is 0.833. The molecule has 0 heterocycles. The second-order valence-electron chi connectivity index (χ2n) is 2.52. The van der Waals surface area contributed by atoms with Crippen LogP contribution in [0.15, 0.2) is 0 Å². The van der Waals surface area contributed by atoms with Crippen molar-refractivity contribution in [2.24, 2.45) is 0 Å². The Balaban J connectivity index is 3.51. The third-order valence-electron chi connectivity index (χ3n) is 0.841. The lowest BCUT2D eigenvalue weighted by Crippen LogP contribution is -2.40. The SMILES string of the molecule is CC(C)NC(=[N])N(C)C. The summed E-state index contributed by atoms with van der Waals surface area (Å²) in [6.07, 6.45) is 0. The molecule has 0 saturated heterocycles. The second kappa shape index (κ2) is 3.33. The molecule has 0 amide bonds. The Morgan fingerprint density at radius 3 is 2.00 bits per heavy atom. The summed E-state index contributed by atoms with van der Waals surface area (Å²) >= 11 is 0. The second-order valence-corrected chi connectivity index (χ2v) is 2.52. The number of guanidine groups is 1. The summed E-state index contributed by atoms with van der Waals surface area (Å²) in [7, 11) is 3.56. The van der Waals surface area contributed by atoms with Crippen LogP contribution in [-0.2, 0) is 0 Å². The van der Waals surface area contributed by atoms with Gasteiger partial charge in [-0.3, -0.25) is 0 Å². The van der Waals surface area contributed by atoms with Gasteiger partial charge in [0.15, 0.2) is 0 Å². The van der Waals surface area contributed by atoms with Gasteiger partial charge in [-0.25, -0.2) is 0 Å². The number of rotatable bonds is 1. The zero-order valence-electron chi connectivity index (χ0n) is 6.47. The summed E-state index contributed by atoms with van der Waals surface area (Å²) in [4.78, 5) is 1.62. The molecule has 53 valence electrons. The van der Waals surface area contributed by atoms with E-state index in [-0.39, 0.29) is 12.0 Å². The van der Waals surface area contributed by atoms with E-state index in [1.807, 2.05) is 13.8 Å². The molecule has 9 heavy (non-hydrogen) atoms. The van der Waals surface area contributed by atoms with Crippen molar-refractivity contribution in [2.75, 3.05) is 14.1 Å². The van der Waals surface area contributed by atoms with E-state index in [9.17, 15) is 0 Å². The molecule has 0 aromatic heterocycles. The number of hydrogen-bond donors (Lipinski definition) is 1. The molecule has 0 atom stereocenters. The maximum atomic E-state index is 9.03. The maximum absolute atomic E-state index is 9.03. The molecule has 0 fully saturated rings. The van der Waals surface area contributed by atoms with E-state index in [0.29, 0.717) is 0 Å². The Bertz CT molecular complexity index is 96.5. The molecular formula is C6H14N3. The van der Waals surface area contributed by atoms with E-state index in [1.165, 1.54) is 0 Å². The van der Waals surface area contributed by atoms with Crippen LogP contribution in [0.25, 0.3) is 0 Å². The van der Waals surface area contributed by atoms with Crippen molar-refractivity contribution in [3.05, 3.63) is 0 Å². The van der Waals surface area contributed by atoms with Gasteiger partial charge in [-0.15, -0.1) is 5.41 Å². The molecule has 0 aliphatic heterocycles. The number of nitrogens with one attached hydrogen (secondary N) is 1. The third-order valence-corrected chi connectivity index (χ3v) is 0.841. The summed E-state index contributed by atoms with van der Waals surface area (Å²) in [6, 6.07) is 0.285. The highest BCUT2D eigenvalue weighted by Crippen LogP contribution is 1.77. The van der Waals surface area contributed by atoms with Crippen LogP contribution in [0.2, 0.25) is 0 Å². The van der Waals surface area contributed by atoms with Crippen molar-refractivity contribution >= 4 is 5.96 Å². The van der Waals surface area contributed by atoms with Crippen molar-refractivity contribution < 1.29 is 0 Å². The van der Waals surface area contributed by atoms with E-state index in [0.717, 1.165) is 0 Å². The third kappa shape index (κ3) is 3.82. The van der Waals surface area contributed by atoms with Crippen LogP contribution in [0, 0.1) is 0 Å². The Morgan fingerprint density at radius 1 is 1.44 bits per heavy atom.